The van der Waals surface area contributed by atoms with Crippen molar-refractivity contribution in [1.82, 2.24) is 5.32 Å². The zero-order valence-corrected chi connectivity index (χ0v) is 4.88. The molecule has 0 aliphatic heterocycles. The minimum absolute atomic E-state index is 0.294. The van der Waals surface area contributed by atoms with Gasteiger partial charge in [-0.05, 0) is 0 Å². The molecule has 0 radical (unpaired) electrons. The average Bonchev–Trinajstić information content (AvgIpc) is 1.82. The number of carboxylic acids is 1. The Morgan fingerprint density at radius 2 is 2.44 bits per heavy atom. The zero-order valence-electron chi connectivity index (χ0n) is 4.88. The summed E-state index contributed by atoms with van der Waals surface area (Å²) >= 11 is 0. The van der Waals surface area contributed by atoms with Crippen LogP contribution in [0.3, 0.4) is 0 Å². The van der Waals surface area contributed by atoms with Gasteiger partial charge in [0.2, 0.25) is 0 Å². The van der Waals surface area contributed by atoms with Gasteiger partial charge in [-0.15, -0.1) is 0 Å². The summed E-state index contributed by atoms with van der Waals surface area (Å²) < 4.78 is 0. The molecule has 0 unspecified atom stereocenters. The van der Waals surface area contributed by atoms with Gasteiger partial charge in [-0.25, -0.2) is 4.79 Å². The van der Waals surface area contributed by atoms with Gasteiger partial charge in [-0.1, -0.05) is 0 Å². The number of carbonyl (C=O) groups is 1. The van der Waals surface area contributed by atoms with Crippen LogP contribution in [0, 0.1) is 11.3 Å². The highest BCUT2D eigenvalue weighted by molar-refractivity contribution is 5.90. The van der Waals surface area contributed by atoms with Crippen LogP contribution in [0.5, 0.6) is 0 Å². The lowest BCUT2D eigenvalue weighted by molar-refractivity contribution is -0.132. The Morgan fingerprint density at radius 1 is 1.89 bits per heavy atom. The molecule has 0 saturated carbocycles. The lowest BCUT2D eigenvalue weighted by Crippen LogP contribution is -2.03. The SMILES string of the molecule is CNC=C(C#N)C(=O)O. The van der Waals surface area contributed by atoms with Crippen molar-refractivity contribution in [2.24, 2.45) is 0 Å². The van der Waals surface area contributed by atoms with E-state index in [1.807, 2.05) is 0 Å². The molecule has 0 amide bonds. The van der Waals surface area contributed by atoms with Crippen LogP contribution in [-0.2, 0) is 4.79 Å². The predicted octanol–water partition coefficient (Wildman–Crippen LogP) is -0.302. The average molecular weight is 126 g/mol. The molecule has 0 atom stereocenters. The smallest absolute Gasteiger partial charge is 0.347 e. The topological polar surface area (TPSA) is 73.1 Å². The van der Waals surface area contributed by atoms with Crippen LogP contribution >= 0.6 is 0 Å². The molecule has 0 saturated heterocycles. The zero-order chi connectivity index (χ0) is 7.28. The molecule has 0 fully saturated rings. The van der Waals surface area contributed by atoms with Gasteiger partial charge in [0.15, 0.2) is 5.57 Å². The van der Waals surface area contributed by atoms with E-state index in [2.05, 4.69) is 5.32 Å². The summed E-state index contributed by atoms with van der Waals surface area (Å²) in [6.07, 6.45) is 1.13. The third kappa shape index (κ3) is 2.34. The van der Waals surface area contributed by atoms with Crippen LogP contribution in [0.1, 0.15) is 0 Å². The summed E-state index contributed by atoms with van der Waals surface area (Å²) in [5, 5.41) is 18.7. The van der Waals surface area contributed by atoms with Crippen LogP contribution in [-0.4, -0.2) is 18.1 Å². The number of nitrogens with one attached hydrogen (secondary N) is 1. The first-order valence-corrected chi connectivity index (χ1v) is 2.23. The van der Waals surface area contributed by atoms with Crippen molar-refractivity contribution in [2.45, 2.75) is 0 Å². The van der Waals surface area contributed by atoms with Crippen LogP contribution in [0.25, 0.3) is 0 Å². The maximum absolute atomic E-state index is 9.99. The van der Waals surface area contributed by atoms with Gasteiger partial charge < -0.3 is 10.4 Å². The minimum Gasteiger partial charge on any atom is -0.477 e. The molecule has 0 aromatic carbocycles. The molecule has 0 aromatic rings. The van der Waals surface area contributed by atoms with Crippen molar-refractivity contribution in [3.63, 3.8) is 0 Å². The Balaban J connectivity index is 4.20. The van der Waals surface area contributed by atoms with Crippen molar-refractivity contribution >= 4 is 5.97 Å². The number of rotatable bonds is 2. The fraction of sp³-hybridized carbons (Fsp3) is 0.200. The summed E-state index contributed by atoms with van der Waals surface area (Å²) in [5.74, 6) is -1.22. The number of aliphatic carboxylic acids is 1. The molecule has 2 N–H and O–H groups in total. The van der Waals surface area contributed by atoms with Gasteiger partial charge in [0.05, 0.1) is 0 Å². The second-order valence-electron chi connectivity index (χ2n) is 1.26. The van der Waals surface area contributed by atoms with Crippen molar-refractivity contribution in [1.29, 1.82) is 5.26 Å². The van der Waals surface area contributed by atoms with E-state index < -0.39 is 5.97 Å². The van der Waals surface area contributed by atoms with E-state index in [1.165, 1.54) is 13.1 Å². The maximum Gasteiger partial charge on any atom is 0.347 e. The largest absolute Gasteiger partial charge is 0.477 e. The van der Waals surface area contributed by atoms with E-state index in [4.69, 9.17) is 10.4 Å². The lowest BCUT2D eigenvalue weighted by atomic mass is 10.3. The molecule has 0 heterocycles. The fourth-order valence-electron chi connectivity index (χ4n) is 0.286. The highest BCUT2D eigenvalue weighted by Crippen LogP contribution is 1.86. The Hall–Kier alpha value is -1.50. The van der Waals surface area contributed by atoms with Crippen LogP contribution in [0.4, 0.5) is 0 Å². The molecule has 0 rings (SSSR count). The highest BCUT2D eigenvalue weighted by atomic mass is 16.4. The molecule has 9 heavy (non-hydrogen) atoms. The van der Waals surface area contributed by atoms with Crippen molar-refractivity contribution in [2.75, 3.05) is 7.05 Å². The maximum atomic E-state index is 9.99. The standard InChI is InChI=1S/C5H6N2O2/c1-7-3-4(2-6)5(8)9/h3,7H,1H3,(H,8,9). The first kappa shape index (κ1) is 7.50. The quantitative estimate of drug-likeness (QED) is 0.393. The van der Waals surface area contributed by atoms with Gasteiger partial charge in [0, 0.05) is 13.2 Å². The first-order valence-electron chi connectivity index (χ1n) is 2.23. The van der Waals surface area contributed by atoms with Crippen LogP contribution < -0.4 is 5.32 Å². The fourth-order valence-corrected chi connectivity index (χ4v) is 0.286. The molecule has 0 bridgehead atoms. The molecular formula is C5H6N2O2. The summed E-state index contributed by atoms with van der Waals surface area (Å²) in [4.78, 5) is 9.99. The molecule has 0 aromatic heterocycles. The van der Waals surface area contributed by atoms with E-state index >= 15 is 0 Å². The van der Waals surface area contributed by atoms with Crippen molar-refractivity contribution < 1.29 is 9.90 Å². The van der Waals surface area contributed by atoms with Gasteiger partial charge in [-0.3, -0.25) is 0 Å². The highest BCUT2D eigenvalue weighted by Gasteiger charge is 2.02. The van der Waals surface area contributed by atoms with E-state index in [-0.39, 0.29) is 5.57 Å². The monoisotopic (exact) mass is 126 g/mol. The predicted molar refractivity (Wildman–Crippen MR) is 30.4 cm³/mol. The van der Waals surface area contributed by atoms with E-state index in [0.717, 1.165) is 6.20 Å². The third-order valence-corrected chi connectivity index (χ3v) is 0.640. The second kappa shape index (κ2) is 3.50. The molecule has 0 spiro atoms. The summed E-state index contributed by atoms with van der Waals surface area (Å²) in [5.41, 5.74) is -0.294. The van der Waals surface area contributed by atoms with Crippen LogP contribution in [0.15, 0.2) is 11.8 Å². The van der Waals surface area contributed by atoms with Gasteiger partial charge >= 0.3 is 5.97 Å². The lowest BCUT2D eigenvalue weighted by Gasteiger charge is -1.86. The number of carboxylic acid groups (broad SMARTS) is 1. The number of hydrogen-bond donors (Lipinski definition) is 2. The minimum atomic E-state index is -1.22. The van der Waals surface area contributed by atoms with Gasteiger partial charge in [0.25, 0.3) is 0 Å². The molecule has 0 aliphatic carbocycles. The normalized spacial score (nSPS) is 10.0. The Kier molecular flexibility index (Phi) is 2.91. The molecule has 0 aliphatic rings. The first-order chi connectivity index (χ1) is 4.22. The number of hydrogen-bond acceptors (Lipinski definition) is 3. The summed E-state index contributed by atoms with van der Waals surface area (Å²) in [6.45, 7) is 0. The van der Waals surface area contributed by atoms with Crippen LogP contribution in [0.2, 0.25) is 0 Å². The summed E-state index contributed by atoms with van der Waals surface area (Å²) in [6, 6.07) is 1.50. The Bertz CT molecular complexity index is 178. The van der Waals surface area contributed by atoms with E-state index in [9.17, 15) is 4.79 Å². The molecular weight excluding hydrogens is 120 g/mol. The molecule has 4 heteroatoms. The Morgan fingerprint density at radius 3 is 2.56 bits per heavy atom. The van der Waals surface area contributed by atoms with Crippen molar-refractivity contribution in [3.05, 3.63) is 11.8 Å². The van der Waals surface area contributed by atoms with E-state index in [1.54, 1.807) is 0 Å². The van der Waals surface area contributed by atoms with Gasteiger partial charge in [-0.2, -0.15) is 5.26 Å². The van der Waals surface area contributed by atoms with Crippen molar-refractivity contribution in [3.8, 4) is 6.07 Å². The summed E-state index contributed by atoms with van der Waals surface area (Å²) in [7, 11) is 1.53. The molecule has 4 nitrogen and oxygen atoms in total. The Labute approximate surface area is 52.4 Å². The third-order valence-electron chi connectivity index (χ3n) is 0.640. The van der Waals surface area contributed by atoms with Gasteiger partial charge in [0.1, 0.15) is 6.07 Å². The second-order valence-corrected chi connectivity index (χ2v) is 1.26. The number of nitrogens with zero attached hydrogens (tertiary/aromatic N) is 1. The number of nitriles is 1. The van der Waals surface area contributed by atoms with E-state index in [0.29, 0.717) is 0 Å². The molecule has 48 valence electrons.